The van der Waals surface area contributed by atoms with E-state index in [1.807, 2.05) is 12.1 Å². The third kappa shape index (κ3) is 3.23. The molecule has 1 unspecified atom stereocenters. The van der Waals surface area contributed by atoms with Crippen LogP contribution in [0.3, 0.4) is 0 Å². The Kier molecular flexibility index (Phi) is 3.66. The van der Waals surface area contributed by atoms with Crippen molar-refractivity contribution < 1.29 is 9.90 Å². The van der Waals surface area contributed by atoms with E-state index in [9.17, 15) is 4.79 Å². The van der Waals surface area contributed by atoms with Crippen LogP contribution < -0.4 is 5.32 Å². The molecular weight excluding hydrogens is 192 g/mol. The summed E-state index contributed by atoms with van der Waals surface area (Å²) in [4.78, 5) is 14.7. The van der Waals surface area contributed by atoms with Crippen molar-refractivity contribution in [3.05, 3.63) is 23.9 Å². The van der Waals surface area contributed by atoms with Gasteiger partial charge in [-0.3, -0.25) is 4.79 Å². The molecule has 15 heavy (non-hydrogen) atoms. The molecule has 82 valence electrons. The number of nitrogens with one attached hydrogen (secondary N) is 1. The topological polar surface area (TPSA) is 62.2 Å². The van der Waals surface area contributed by atoms with Gasteiger partial charge in [-0.25, -0.2) is 4.98 Å². The van der Waals surface area contributed by atoms with Crippen LogP contribution >= 0.6 is 0 Å². The normalized spacial score (nSPS) is 12.5. The summed E-state index contributed by atoms with van der Waals surface area (Å²) in [6.07, 6.45) is 1.69. The van der Waals surface area contributed by atoms with Gasteiger partial charge in [0.2, 0.25) is 0 Å². The summed E-state index contributed by atoms with van der Waals surface area (Å²) in [5.74, 6) is 0.136. The second-order valence-corrected chi connectivity index (χ2v) is 3.83. The van der Waals surface area contributed by atoms with Gasteiger partial charge in [-0.05, 0) is 30.5 Å². The molecule has 1 aromatic rings. The molecule has 0 aromatic carbocycles. The SMILES string of the molecule is CC(Nc1cc(C(C)C)ccn1)C(=O)O. The number of rotatable bonds is 4. The minimum atomic E-state index is -0.883. The summed E-state index contributed by atoms with van der Waals surface area (Å²) >= 11 is 0. The number of pyridine rings is 1. The largest absolute Gasteiger partial charge is 0.480 e. The van der Waals surface area contributed by atoms with Gasteiger partial charge in [0.15, 0.2) is 0 Å². The Morgan fingerprint density at radius 1 is 1.47 bits per heavy atom. The fourth-order valence-corrected chi connectivity index (χ4v) is 1.17. The second-order valence-electron chi connectivity index (χ2n) is 3.83. The van der Waals surface area contributed by atoms with E-state index in [4.69, 9.17) is 5.11 Å². The minimum absolute atomic E-state index is 0.411. The molecule has 4 nitrogen and oxygen atoms in total. The Balaban J connectivity index is 2.78. The van der Waals surface area contributed by atoms with Crippen LogP contribution in [0.5, 0.6) is 0 Å². The first-order valence-corrected chi connectivity index (χ1v) is 4.96. The first-order valence-electron chi connectivity index (χ1n) is 4.96. The van der Waals surface area contributed by atoms with Gasteiger partial charge in [-0.1, -0.05) is 13.8 Å². The highest BCUT2D eigenvalue weighted by atomic mass is 16.4. The van der Waals surface area contributed by atoms with E-state index in [1.54, 1.807) is 13.1 Å². The zero-order valence-electron chi connectivity index (χ0n) is 9.19. The van der Waals surface area contributed by atoms with Gasteiger partial charge in [-0.2, -0.15) is 0 Å². The van der Waals surface area contributed by atoms with Crippen LogP contribution in [-0.4, -0.2) is 22.1 Å². The highest BCUT2D eigenvalue weighted by Crippen LogP contribution is 2.16. The Hall–Kier alpha value is -1.58. The molecule has 0 spiro atoms. The molecule has 0 saturated carbocycles. The van der Waals surface area contributed by atoms with Crippen molar-refractivity contribution in [2.24, 2.45) is 0 Å². The molecule has 0 aliphatic carbocycles. The highest BCUT2D eigenvalue weighted by Gasteiger charge is 2.11. The number of carboxylic acid groups (broad SMARTS) is 1. The van der Waals surface area contributed by atoms with E-state index in [0.29, 0.717) is 11.7 Å². The molecule has 4 heteroatoms. The lowest BCUT2D eigenvalue weighted by atomic mass is 10.1. The summed E-state index contributed by atoms with van der Waals surface area (Å²) < 4.78 is 0. The molecular formula is C11H16N2O2. The maximum absolute atomic E-state index is 10.6. The molecule has 0 radical (unpaired) electrons. The third-order valence-electron chi connectivity index (χ3n) is 2.19. The lowest BCUT2D eigenvalue weighted by Crippen LogP contribution is -2.25. The average Bonchev–Trinajstić information content (AvgIpc) is 2.18. The quantitative estimate of drug-likeness (QED) is 0.795. The van der Waals surface area contributed by atoms with Crippen molar-refractivity contribution in [3.63, 3.8) is 0 Å². The van der Waals surface area contributed by atoms with E-state index >= 15 is 0 Å². The van der Waals surface area contributed by atoms with E-state index in [-0.39, 0.29) is 0 Å². The highest BCUT2D eigenvalue weighted by molar-refractivity contribution is 5.76. The molecule has 0 aliphatic heterocycles. The second kappa shape index (κ2) is 4.77. The number of carboxylic acids is 1. The number of nitrogens with zero attached hydrogens (tertiary/aromatic N) is 1. The van der Waals surface area contributed by atoms with Crippen LogP contribution in [0.4, 0.5) is 5.82 Å². The van der Waals surface area contributed by atoms with E-state index in [0.717, 1.165) is 5.56 Å². The number of carbonyl (C=O) groups is 1. The van der Waals surface area contributed by atoms with E-state index in [1.165, 1.54) is 0 Å². The van der Waals surface area contributed by atoms with Crippen LogP contribution in [0, 0.1) is 0 Å². The maximum Gasteiger partial charge on any atom is 0.325 e. The number of hydrogen-bond acceptors (Lipinski definition) is 3. The number of anilines is 1. The lowest BCUT2D eigenvalue weighted by Gasteiger charge is -2.11. The molecule has 1 heterocycles. The number of hydrogen-bond donors (Lipinski definition) is 2. The van der Waals surface area contributed by atoms with Gasteiger partial charge in [0.1, 0.15) is 11.9 Å². The maximum atomic E-state index is 10.6. The minimum Gasteiger partial charge on any atom is -0.480 e. The summed E-state index contributed by atoms with van der Waals surface area (Å²) in [5, 5.41) is 11.6. The van der Waals surface area contributed by atoms with Crippen molar-refractivity contribution in [2.45, 2.75) is 32.7 Å². The van der Waals surface area contributed by atoms with E-state index in [2.05, 4.69) is 24.1 Å². The van der Waals surface area contributed by atoms with Crippen LogP contribution in [0.1, 0.15) is 32.3 Å². The number of aromatic nitrogens is 1. The fourth-order valence-electron chi connectivity index (χ4n) is 1.17. The molecule has 1 rings (SSSR count). The zero-order valence-corrected chi connectivity index (χ0v) is 9.19. The summed E-state index contributed by atoms with van der Waals surface area (Å²) in [7, 11) is 0. The van der Waals surface area contributed by atoms with Gasteiger partial charge >= 0.3 is 5.97 Å². The van der Waals surface area contributed by atoms with E-state index < -0.39 is 12.0 Å². The van der Waals surface area contributed by atoms with Crippen molar-refractivity contribution in [1.82, 2.24) is 4.98 Å². The molecule has 1 aromatic heterocycles. The molecule has 0 aliphatic rings. The molecule has 1 atom stereocenters. The Morgan fingerprint density at radius 2 is 2.13 bits per heavy atom. The predicted molar refractivity (Wildman–Crippen MR) is 59.0 cm³/mol. The van der Waals surface area contributed by atoms with Gasteiger partial charge < -0.3 is 10.4 Å². The first kappa shape index (κ1) is 11.5. The molecule has 0 saturated heterocycles. The Morgan fingerprint density at radius 3 is 2.67 bits per heavy atom. The van der Waals surface area contributed by atoms with Gasteiger partial charge in [0.05, 0.1) is 0 Å². The number of aliphatic carboxylic acids is 1. The zero-order chi connectivity index (χ0) is 11.4. The van der Waals surface area contributed by atoms with Crippen LogP contribution in [0.25, 0.3) is 0 Å². The van der Waals surface area contributed by atoms with Crippen molar-refractivity contribution in [1.29, 1.82) is 0 Å². The standard InChI is InChI=1S/C11H16N2O2/c1-7(2)9-4-5-12-10(6-9)13-8(3)11(14)15/h4-8H,1-3H3,(H,12,13)(H,14,15). The van der Waals surface area contributed by atoms with Crippen LogP contribution in [0.15, 0.2) is 18.3 Å². The van der Waals surface area contributed by atoms with Gasteiger partial charge in [0.25, 0.3) is 0 Å². The van der Waals surface area contributed by atoms with Crippen molar-refractivity contribution in [3.8, 4) is 0 Å². The Labute approximate surface area is 89.3 Å². The monoisotopic (exact) mass is 208 g/mol. The predicted octanol–water partition coefficient (Wildman–Crippen LogP) is 2.09. The van der Waals surface area contributed by atoms with Crippen LogP contribution in [-0.2, 0) is 4.79 Å². The summed E-state index contributed by atoms with van der Waals surface area (Å²) in [6.45, 7) is 5.76. The first-order chi connectivity index (χ1) is 7.00. The molecule has 2 N–H and O–H groups in total. The van der Waals surface area contributed by atoms with Crippen molar-refractivity contribution in [2.75, 3.05) is 5.32 Å². The molecule has 0 bridgehead atoms. The van der Waals surface area contributed by atoms with Gasteiger partial charge in [-0.15, -0.1) is 0 Å². The Bertz CT molecular complexity index is 350. The van der Waals surface area contributed by atoms with Crippen LogP contribution in [0.2, 0.25) is 0 Å². The summed E-state index contributed by atoms with van der Waals surface area (Å²) in [5.41, 5.74) is 1.14. The summed E-state index contributed by atoms with van der Waals surface area (Å²) in [6, 6.07) is 3.19. The fraction of sp³-hybridized carbons (Fsp3) is 0.455. The molecule has 0 fully saturated rings. The van der Waals surface area contributed by atoms with Gasteiger partial charge in [0, 0.05) is 6.20 Å². The average molecular weight is 208 g/mol. The smallest absolute Gasteiger partial charge is 0.325 e. The molecule has 0 amide bonds. The lowest BCUT2D eigenvalue weighted by molar-refractivity contribution is -0.137. The third-order valence-corrected chi connectivity index (χ3v) is 2.19. The van der Waals surface area contributed by atoms with Crippen molar-refractivity contribution >= 4 is 11.8 Å².